The summed E-state index contributed by atoms with van der Waals surface area (Å²) in [5.41, 5.74) is 2.43. The smallest absolute Gasteiger partial charge is 0.160 e. The SMILES string of the molecule is O=C1C=Cc2c(c3cccc4c3c2c2cccc3c5ccccc5c4c32)C1. The maximum atomic E-state index is 12.1. The lowest BCUT2D eigenvalue weighted by Gasteiger charge is -2.08. The topological polar surface area (TPSA) is 17.1 Å². The third-order valence-electron chi connectivity index (χ3n) is 6.36. The van der Waals surface area contributed by atoms with E-state index in [1.54, 1.807) is 6.08 Å². The van der Waals surface area contributed by atoms with E-state index in [2.05, 4.69) is 60.7 Å². The van der Waals surface area contributed by atoms with Gasteiger partial charge in [-0.2, -0.15) is 0 Å². The van der Waals surface area contributed by atoms with Gasteiger partial charge in [-0.25, -0.2) is 0 Å². The van der Waals surface area contributed by atoms with Gasteiger partial charge >= 0.3 is 0 Å². The van der Waals surface area contributed by atoms with Crippen LogP contribution in [-0.4, -0.2) is 5.78 Å². The third kappa shape index (κ3) is 1.47. The largest absolute Gasteiger partial charge is 0.294 e. The van der Waals surface area contributed by atoms with Crippen LogP contribution in [0.4, 0.5) is 0 Å². The second kappa shape index (κ2) is 4.44. The van der Waals surface area contributed by atoms with Gasteiger partial charge in [0.1, 0.15) is 0 Å². The van der Waals surface area contributed by atoms with Crippen molar-refractivity contribution in [3.63, 3.8) is 0 Å². The van der Waals surface area contributed by atoms with Crippen molar-refractivity contribution >= 4 is 65.7 Å². The Balaban J connectivity index is 1.92. The van der Waals surface area contributed by atoms with Crippen LogP contribution in [0.2, 0.25) is 0 Å². The normalized spacial score (nSPS) is 14.4. The highest BCUT2D eigenvalue weighted by Crippen LogP contribution is 2.49. The van der Waals surface area contributed by atoms with Gasteiger partial charge in [0.25, 0.3) is 0 Å². The lowest BCUT2D eigenvalue weighted by Crippen LogP contribution is -2.03. The molecule has 0 saturated carbocycles. The zero-order valence-corrected chi connectivity index (χ0v) is 14.5. The van der Waals surface area contributed by atoms with Crippen molar-refractivity contribution in [3.05, 3.63) is 77.9 Å². The fraction of sp³-hybridized carbons (Fsp3) is 0.0385. The van der Waals surface area contributed by atoms with Crippen molar-refractivity contribution in [1.82, 2.24) is 0 Å². The number of hydrogen-bond acceptors (Lipinski definition) is 1. The molecule has 6 aromatic carbocycles. The maximum Gasteiger partial charge on any atom is 0.160 e. The first-order chi connectivity index (χ1) is 13.3. The summed E-state index contributed by atoms with van der Waals surface area (Å²) in [7, 11) is 0. The summed E-state index contributed by atoms with van der Waals surface area (Å²) in [4.78, 5) is 12.1. The van der Waals surface area contributed by atoms with E-state index in [4.69, 9.17) is 0 Å². The van der Waals surface area contributed by atoms with Gasteiger partial charge in [-0.05, 0) is 71.1 Å². The van der Waals surface area contributed by atoms with Crippen molar-refractivity contribution in [3.8, 4) is 0 Å². The van der Waals surface area contributed by atoms with Crippen LogP contribution in [0.15, 0.2) is 66.7 Å². The van der Waals surface area contributed by atoms with E-state index in [9.17, 15) is 4.79 Å². The van der Waals surface area contributed by atoms with Gasteiger partial charge in [-0.3, -0.25) is 4.79 Å². The number of benzene rings is 4. The van der Waals surface area contributed by atoms with Crippen LogP contribution < -0.4 is 0 Å². The molecule has 7 rings (SSSR count). The molecule has 1 aliphatic rings. The Morgan fingerprint density at radius 3 is 1.85 bits per heavy atom. The van der Waals surface area contributed by atoms with E-state index < -0.39 is 0 Å². The Bertz CT molecular complexity index is 1600. The van der Waals surface area contributed by atoms with Crippen LogP contribution in [0.3, 0.4) is 0 Å². The molecule has 0 atom stereocenters. The molecule has 1 heteroatoms. The number of ketones is 1. The molecule has 0 aliphatic heterocycles. The zero-order valence-electron chi connectivity index (χ0n) is 14.5. The highest BCUT2D eigenvalue weighted by molar-refractivity contribution is 6.44. The molecule has 0 N–H and O–H groups in total. The quantitative estimate of drug-likeness (QED) is 0.289. The number of fused-ring (bicyclic) bond motifs is 8. The second-order valence-electron chi connectivity index (χ2n) is 7.62. The molecule has 0 aromatic heterocycles. The van der Waals surface area contributed by atoms with E-state index in [1.807, 2.05) is 6.08 Å². The molecule has 6 aromatic rings. The van der Waals surface area contributed by atoms with Crippen LogP contribution in [0.25, 0.3) is 59.9 Å². The Kier molecular flexibility index (Phi) is 2.26. The molecular formula is C26H14O. The Morgan fingerprint density at radius 2 is 1.07 bits per heavy atom. The molecular weight excluding hydrogens is 328 g/mol. The number of hydrogen-bond donors (Lipinski definition) is 0. The van der Waals surface area contributed by atoms with Crippen LogP contribution >= 0.6 is 0 Å². The first kappa shape index (κ1) is 13.7. The summed E-state index contributed by atoms with van der Waals surface area (Å²) in [5, 5.41) is 13.2. The molecule has 124 valence electrons. The summed E-state index contributed by atoms with van der Waals surface area (Å²) in [6, 6.07) is 22.0. The van der Waals surface area contributed by atoms with Crippen LogP contribution in [0.1, 0.15) is 11.1 Å². The van der Waals surface area contributed by atoms with E-state index in [-0.39, 0.29) is 5.78 Å². The maximum absolute atomic E-state index is 12.1. The minimum atomic E-state index is 0.196. The van der Waals surface area contributed by atoms with Gasteiger partial charge in [0.05, 0.1) is 0 Å². The fourth-order valence-electron chi connectivity index (χ4n) is 5.38. The van der Waals surface area contributed by atoms with Gasteiger partial charge in [-0.1, -0.05) is 66.7 Å². The minimum absolute atomic E-state index is 0.196. The van der Waals surface area contributed by atoms with E-state index in [0.717, 1.165) is 0 Å². The molecule has 0 spiro atoms. The van der Waals surface area contributed by atoms with E-state index in [1.165, 1.54) is 65.0 Å². The molecule has 0 saturated heterocycles. The average Bonchev–Trinajstić information content (AvgIpc) is 3.21. The van der Waals surface area contributed by atoms with Crippen molar-refractivity contribution in [2.45, 2.75) is 6.42 Å². The van der Waals surface area contributed by atoms with Crippen molar-refractivity contribution in [2.24, 2.45) is 0 Å². The molecule has 0 unspecified atom stereocenters. The lowest BCUT2D eigenvalue weighted by atomic mass is 9.94. The molecule has 0 radical (unpaired) electrons. The Labute approximate surface area is 155 Å². The molecule has 1 nitrogen and oxygen atoms in total. The van der Waals surface area contributed by atoms with Crippen LogP contribution in [-0.2, 0) is 11.2 Å². The average molecular weight is 342 g/mol. The second-order valence-corrected chi connectivity index (χ2v) is 7.62. The van der Waals surface area contributed by atoms with Gasteiger partial charge in [0, 0.05) is 6.42 Å². The summed E-state index contributed by atoms with van der Waals surface area (Å²) >= 11 is 0. The zero-order chi connectivity index (χ0) is 17.7. The van der Waals surface area contributed by atoms with Crippen molar-refractivity contribution < 1.29 is 4.79 Å². The summed E-state index contributed by atoms with van der Waals surface area (Å²) in [6.45, 7) is 0. The molecule has 0 amide bonds. The Morgan fingerprint density at radius 1 is 0.519 bits per heavy atom. The van der Waals surface area contributed by atoms with Crippen LogP contribution in [0, 0.1) is 0 Å². The number of carbonyl (C=O) groups excluding carboxylic acids is 1. The Hall–Kier alpha value is -3.45. The standard InChI is InChI=1S/C26H14O/c27-14-11-12-19-22(13-14)18-8-4-10-20-23-16-6-2-1-5-15(16)17-7-3-9-21(24(17)23)26(19)25(18)20/h1-12H,13H2. The number of allylic oxidation sites excluding steroid dienone is 1. The van der Waals surface area contributed by atoms with Gasteiger partial charge in [-0.15, -0.1) is 0 Å². The summed E-state index contributed by atoms with van der Waals surface area (Å²) in [6.07, 6.45) is 4.29. The van der Waals surface area contributed by atoms with Gasteiger partial charge < -0.3 is 0 Å². The highest BCUT2D eigenvalue weighted by Gasteiger charge is 2.25. The summed E-state index contributed by atoms with van der Waals surface area (Å²) in [5.74, 6) is 0.196. The first-order valence-corrected chi connectivity index (χ1v) is 9.39. The molecule has 0 heterocycles. The van der Waals surface area contributed by atoms with Crippen molar-refractivity contribution in [2.75, 3.05) is 0 Å². The van der Waals surface area contributed by atoms with Gasteiger partial charge in [0.2, 0.25) is 0 Å². The predicted molar refractivity (Wildman–Crippen MR) is 114 cm³/mol. The minimum Gasteiger partial charge on any atom is -0.294 e. The number of carbonyl (C=O) groups is 1. The summed E-state index contributed by atoms with van der Waals surface area (Å²) < 4.78 is 0. The van der Waals surface area contributed by atoms with E-state index in [0.29, 0.717) is 6.42 Å². The monoisotopic (exact) mass is 342 g/mol. The first-order valence-electron chi connectivity index (χ1n) is 9.39. The van der Waals surface area contributed by atoms with Gasteiger partial charge in [0.15, 0.2) is 5.78 Å². The van der Waals surface area contributed by atoms with Crippen molar-refractivity contribution in [1.29, 1.82) is 0 Å². The van der Waals surface area contributed by atoms with Crippen LogP contribution in [0.5, 0.6) is 0 Å². The lowest BCUT2D eigenvalue weighted by molar-refractivity contribution is -0.114. The molecule has 0 fully saturated rings. The highest BCUT2D eigenvalue weighted by atomic mass is 16.1. The third-order valence-corrected chi connectivity index (χ3v) is 6.36. The van der Waals surface area contributed by atoms with E-state index >= 15 is 0 Å². The molecule has 27 heavy (non-hydrogen) atoms. The fourth-order valence-corrected chi connectivity index (χ4v) is 5.38. The molecule has 1 aliphatic carbocycles. The molecule has 0 bridgehead atoms. The number of rotatable bonds is 0. The predicted octanol–water partition coefficient (Wildman–Crippen LogP) is 6.47.